The topological polar surface area (TPSA) is 87.7 Å². The molecule has 98 valence electrons. The number of anilines is 1. The molecule has 0 aliphatic rings. The highest BCUT2D eigenvalue weighted by molar-refractivity contribution is 5.88. The molecule has 0 aliphatic heterocycles. The largest absolute Gasteiger partial charge is 0.484 e. The third-order valence-corrected chi connectivity index (χ3v) is 1.98. The van der Waals surface area contributed by atoms with Gasteiger partial charge in [-0.05, 0) is 24.3 Å². The second kappa shape index (κ2) is 7.29. The van der Waals surface area contributed by atoms with Gasteiger partial charge in [-0.2, -0.15) is 0 Å². The fraction of sp³-hybridized carbons (Fsp3) is 0.333. The summed E-state index contributed by atoms with van der Waals surface area (Å²) < 4.78 is 5.22. The van der Waals surface area contributed by atoms with Crippen molar-refractivity contribution in [3.05, 3.63) is 24.3 Å². The Labute approximate surface area is 105 Å². The molecule has 0 saturated heterocycles. The van der Waals surface area contributed by atoms with E-state index in [-0.39, 0.29) is 31.6 Å². The number of amides is 2. The Hall–Kier alpha value is -2.08. The van der Waals surface area contributed by atoms with Crippen molar-refractivity contribution in [1.82, 2.24) is 5.32 Å². The zero-order valence-electron chi connectivity index (χ0n) is 10.1. The number of ether oxygens (including phenoxy) is 1. The van der Waals surface area contributed by atoms with E-state index in [1.165, 1.54) is 6.92 Å². The monoisotopic (exact) mass is 252 g/mol. The maximum Gasteiger partial charge on any atom is 0.258 e. The number of aliphatic hydroxyl groups is 1. The third-order valence-electron chi connectivity index (χ3n) is 1.98. The minimum atomic E-state index is -0.296. The predicted octanol–water partition coefficient (Wildman–Crippen LogP) is 0.132. The van der Waals surface area contributed by atoms with Crippen molar-refractivity contribution < 1.29 is 19.4 Å². The molecule has 0 aliphatic carbocycles. The van der Waals surface area contributed by atoms with E-state index in [1.807, 2.05) is 0 Å². The van der Waals surface area contributed by atoms with Crippen LogP contribution in [0.5, 0.6) is 5.75 Å². The van der Waals surface area contributed by atoms with Crippen molar-refractivity contribution in [2.75, 3.05) is 25.1 Å². The molecule has 0 saturated carbocycles. The Balaban J connectivity index is 2.39. The fourth-order valence-corrected chi connectivity index (χ4v) is 1.23. The predicted molar refractivity (Wildman–Crippen MR) is 66.3 cm³/mol. The van der Waals surface area contributed by atoms with Crippen LogP contribution in [0.15, 0.2) is 24.3 Å². The minimum Gasteiger partial charge on any atom is -0.484 e. The quantitative estimate of drug-likeness (QED) is 0.671. The summed E-state index contributed by atoms with van der Waals surface area (Å²) in [6, 6.07) is 6.68. The van der Waals surface area contributed by atoms with Crippen molar-refractivity contribution >= 4 is 17.5 Å². The van der Waals surface area contributed by atoms with Crippen LogP contribution in [-0.4, -0.2) is 36.7 Å². The van der Waals surface area contributed by atoms with Crippen LogP contribution in [0.25, 0.3) is 0 Å². The van der Waals surface area contributed by atoms with Crippen LogP contribution in [0.1, 0.15) is 6.92 Å². The lowest BCUT2D eigenvalue weighted by molar-refractivity contribution is -0.123. The number of aliphatic hydroxyl groups excluding tert-OH is 1. The average molecular weight is 252 g/mol. The molecule has 0 unspecified atom stereocenters. The molecule has 18 heavy (non-hydrogen) atoms. The molecule has 1 aromatic carbocycles. The molecule has 6 heteroatoms. The second-order valence-corrected chi connectivity index (χ2v) is 3.57. The minimum absolute atomic E-state index is 0.100. The van der Waals surface area contributed by atoms with Crippen LogP contribution >= 0.6 is 0 Å². The molecule has 3 N–H and O–H groups in total. The van der Waals surface area contributed by atoms with E-state index >= 15 is 0 Å². The number of hydrogen-bond acceptors (Lipinski definition) is 4. The van der Waals surface area contributed by atoms with Crippen LogP contribution in [-0.2, 0) is 9.59 Å². The number of carbonyl (C=O) groups is 2. The van der Waals surface area contributed by atoms with Crippen molar-refractivity contribution in [3.63, 3.8) is 0 Å². The van der Waals surface area contributed by atoms with Crippen molar-refractivity contribution in [1.29, 1.82) is 0 Å². The molecule has 1 rings (SSSR count). The number of benzene rings is 1. The summed E-state index contributed by atoms with van der Waals surface area (Å²) in [7, 11) is 0. The Kier molecular flexibility index (Phi) is 5.66. The molecule has 0 fully saturated rings. The van der Waals surface area contributed by atoms with Gasteiger partial charge in [0.1, 0.15) is 5.75 Å². The van der Waals surface area contributed by atoms with Crippen LogP contribution in [0.2, 0.25) is 0 Å². The first kappa shape index (κ1) is 14.0. The first-order chi connectivity index (χ1) is 8.61. The Bertz CT molecular complexity index is 403. The standard InChI is InChI=1S/C12H16N2O4/c1-9(16)14-10-2-4-11(5-3-10)18-8-12(17)13-6-7-15/h2-5,15H,6-8H2,1H3,(H,13,17)(H,14,16). The van der Waals surface area contributed by atoms with Gasteiger partial charge in [-0.25, -0.2) is 0 Å². The molecule has 0 radical (unpaired) electrons. The summed E-state index contributed by atoms with van der Waals surface area (Å²) in [5, 5.41) is 13.6. The summed E-state index contributed by atoms with van der Waals surface area (Å²) in [4.78, 5) is 22.0. The highest BCUT2D eigenvalue weighted by Crippen LogP contribution is 2.15. The lowest BCUT2D eigenvalue weighted by Gasteiger charge is -2.07. The van der Waals surface area contributed by atoms with E-state index < -0.39 is 0 Å². The number of rotatable bonds is 6. The summed E-state index contributed by atoms with van der Waals surface area (Å²) >= 11 is 0. The SMILES string of the molecule is CC(=O)Nc1ccc(OCC(=O)NCCO)cc1. The van der Waals surface area contributed by atoms with Crippen LogP contribution < -0.4 is 15.4 Å². The maximum atomic E-state index is 11.2. The van der Waals surface area contributed by atoms with Crippen LogP contribution in [0.3, 0.4) is 0 Å². The van der Waals surface area contributed by atoms with E-state index in [0.29, 0.717) is 11.4 Å². The Morgan fingerprint density at radius 1 is 1.28 bits per heavy atom. The molecule has 6 nitrogen and oxygen atoms in total. The van der Waals surface area contributed by atoms with Gasteiger partial charge in [-0.3, -0.25) is 9.59 Å². The Morgan fingerprint density at radius 2 is 1.94 bits per heavy atom. The fourth-order valence-electron chi connectivity index (χ4n) is 1.23. The van der Waals surface area contributed by atoms with Gasteiger partial charge in [0.2, 0.25) is 5.91 Å². The lowest BCUT2D eigenvalue weighted by atomic mass is 10.3. The van der Waals surface area contributed by atoms with E-state index in [1.54, 1.807) is 24.3 Å². The zero-order chi connectivity index (χ0) is 13.4. The summed E-state index contributed by atoms with van der Waals surface area (Å²) in [5.74, 6) is 0.0882. The molecule has 1 aromatic rings. The van der Waals surface area contributed by atoms with Gasteiger partial charge >= 0.3 is 0 Å². The van der Waals surface area contributed by atoms with E-state index in [0.717, 1.165) is 0 Å². The smallest absolute Gasteiger partial charge is 0.258 e. The zero-order valence-corrected chi connectivity index (χ0v) is 10.1. The van der Waals surface area contributed by atoms with Gasteiger partial charge in [0.25, 0.3) is 5.91 Å². The maximum absolute atomic E-state index is 11.2. The summed E-state index contributed by atoms with van der Waals surface area (Å²) in [5.41, 5.74) is 0.666. The van der Waals surface area contributed by atoms with E-state index in [2.05, 4.69) is 10.6 Å². The van der Waals surface area contributed by atoms with Gasteiger partial charge in [-0.15, -0.1) is 0 Å². The van der Waals surface area contributed by atoms with Crippen LogP contribution in [0, 0.1) is 0 Å². The molecule has 0 heterocycles. The number of hydrogen-bond donors (Lipinski definition) is 3. The number of nitrogens with one attached hydrogen (secondary N) is 2. The highest BCUT2D eigenvalue weighted by Gasteiger charge is 2.02. The van der Waals surface area contributed by atoms with Gasteiger partial charge < -0.3 is 20.5 Å². The van der Waals surface area contributed by atoms with Crippen LogP contribution in [0.4, 0.5) is 5.69 Å². The first-order valence-electron chi connectivity index (χ1n) is 5.50. The molecular weight excluding hydrogens is 236 g/mol. The molecule has 0 atom stereocenters. The molecule has 2 amide bonds. The molecular formula is C12H16N2O4. The van der Waals surface area contributed by atoms with E-state index in [4.69, 9.17) is 9.84 Å². The van der Waals surface area contributed by atoms with Gasteiger partial charge in [0, 0.05) is 19.2 Å². The summed E-state index contributed by atoms with van der Waals surface area (Å²) in [6.07, 6.45) is 0. The van der Waals surface area contributed by atoms with Gasteiger partial charge in [0.05, 0.1) is 6.61 Å². The normalized spacial score (nSPS) is 9.67. The van der Waals surface area contributed by atoms with Gasteiger partial charge in [0.15, 0.2) is 6.61 Å². The van der Waals surface area contributed by atoms with E-state index in [9.17, 15) is 9.59 Å². The lowest BCUT2D eigenvalue weighted by Crippen LogP contribution is -2.31. The number of carbonyl (C=O) groups excluding carboxylic acids is 2. The Morgan fingerprint density at radius 3 is 2.50 bits per heavy atom. The van der Waals surface area contributed by atoms with Crippen molar-refractivity contribution in [3.8, 4) is 5.75 Å². The first-order valence-corrected chi connectivity index (χ1v) is 5.50. The van der Waals surface area contributed by atoms with Crippen molar-refractivity contribution in [2.45, 2.75) is 6.92 Å². The van der Waals surface area contributed by atoms with Crippen molar-refractivity contribution in [2.24, 2.45) is 0 Å². The second-order valence-electron chi connectivity index (χ2n) is 3.57. The average Bonchev–Trinajstić information content (AvgIpc) is 2.35. The summed E-state index contributed by atoms with van der Waals surface area (Å²) in [6.45, 7) is 1.43. The highest BCUT2D eigenvalue weighted by atomic mass is 16.5. The molecule has 0 bridgehead atoms. The molecule has 0 spiro atoms. The third kappa shape index (κ3) is 5.31. The molecule has 0 aromatic heterocycles. The van der Waals surface area contributed by atoms with Gasteiger partial charge in [-0.1, -0.05) is 0 Å².